The largest absolute Gasteiger partial charge is 0.496 e. The predicted octanol–water partition coefficient (Wildman–Crippen LogP) is 4.09. The summed E-state index contributed by atoms with van der Waals surface area (Å²) in [6.45, 7) is 1.40. The SMILES string of the molecule is COc1ccccc1C1CCN(c2ccc(/C=C/C(=O)O)cc2[N+](=O)[O-])CC1. The molecular weight excluding hydrogens is 360 g/mol. The number of nitro benzene ring substituents is 1. The molecule has 0 amide bonds. The van der Waals surface area contributed by atoms with Gasteiger partial charge in [0.25, 0.3) is 5.69 Å². The van der Waals surface area contributed by atoms with Crippen LogP contribution < -0.4 is 9.64 Å². The van der Waals surface area contributed by atoms with E-state index < -0.39 is 10.9 Å². The number of carboxylic acid groups (broad SMARTS) is 1. The second-order valence-corrected chi connectivity index (χ2v) is 6.68. The van der Waals surface area contributed by atoms with Gasteiger partial charge in [0.05, 0.1) is 12.0 Å². The Morgan fingerprint density at radius 1 is 1.25 bits per heavy atom. The third-order valence-electron chi connectivity index (χ3n) is 5.03. The summed E-state index contributed by atoms with van der Waals surface area (Å²) >= 11 is 0. The van der Waals surface area contributed by atoms with Crippen LogP contribution in [0.4, 0.5) is 11.4 Å². The molecule has 28 heavy (non-hydrogen) atoms. The number of methoxy groups -OCH3 is 1. The number of hydrogen-bond acceptors (Lipinski definition) is 5. The molecular formula is C21H22N2O5. The molecule has 0 spiro atoms. The van der Waals surface area contributed by atoms with Crippen LogP contribution in [0.25, 0.3) is 6.08 Å². The summed E-state index contributed by atoms with van der Waals surface area (Å²) in [5, 5.41) is 20.3. The number of ether oxygens (including phenoxy) is 1. The lowest BCUT2D eigenvalue weighted by Gasteiger charge is -2.34. The third kappa shape index (κ3) is 4.31. The van der Waals surface area contributed by atoms with Crippen LogP contribution in [0.3, 0.4) is 0 Å². The van der Waals surface area contributed by atoms with Crippen LogP contribution in [0.5, 0.6) is 5.75 Å². The van der Waals surface area contributed by atoms with Crippen LogP contribution in [0.2, 0.25) is 0 Å². The molecule has 0 aliphatic carbocycles. The van der Waals surface area contributed by atoms with Gasteiger partial charge in [-0.1, -0.05) is 24.3 Å². The summed E-state index contributed by atoms with van der Waals surface area (Å²) in [5.74, 6) is 0.135. The number of piperidine rings is 1. The Morgan fingerprint density at radius 2 is 1.96 bits per heavy atom. The quantitative estimate of drug-likeness (QED) is 0.460. The number of hydrogen-bond donors (Lipinski definition) is 1. The van der Waals surface area contributed by atoms with Gasteiger partial charge >= 0.3 is 5.97 Å². The van der Waals surface area contributed by atoms with Gasteiger partial charge in [-0.2, -0.15) is 0 Å². The maximum atomic E-state index is 11.5. The van der Waals surface area contributed by atoms with E-state index in [1.165, 1.54) is 17.7 Å². The Kier molecular flexibility index (Phi) is 5.93. The molecule has 2 aromatic rings. The monoisotopic (exact) mass is 382 g/mol. The van der Waals surface area contributed by atoms with E-state index in [-0.39, 0.29) is 5.69 Å². The van der Waals surface area contributed by atoms with Crippen molar-refractivity contribution >= 4 is 23.4 Å². The summed E-state index contributed by atoms with van der Waals surface area (Å²) < 4.78 is 5.46. The Bertz CT molecular complexity index is 901. The van der Waals surface area contributed by atoms with Gasteiger partial charge < -0.3 is 14.7 Å². The summed E-state index contributed by atoms with van der Waals surface area (Å²) in [6, 6.07) is 12.8. The number of carboxylic acids is 1. The molecule has 1 N–H and O–H groups in total. The van der Waals surface area contributed by atoms with Crippen LogP contribution in [0.1, 0.15) is 29.9 Å². The average molecular weight is 382 g/mol. The highest BCUT2D eigenvalue weighted by Gasteiger charge is 2.27. The molecule has 3 rings (SSSR count). The first-order valence-electron chi connectivity index (χ1n) is 9.07. The highest BCUT2D eigenvalue weighted by Crippen LogP contribution is 2.37. The summed E-state index contributed by atoms with van der Waals surface area (Å²) in [7, 11) is 1.66. The first-order valence-corrected chi connectivity index (χ1v) is 9.07. The van der Waals surface area contributed by atoms with Gasteiger partial charge in [0, 0.05) is 25.2 Å². The van der Waals surface area contributed by atoms with Gasteiger partial charge in [0.15, 0.2) is 0 Å². The number of nitro groups is 1. The molecule has 1 aliphatic rings. The minimum atomic E-state index is -1.09. The molecule has 7 heteroatoms. The van der Waals surface area contributed by atoms with Crippen molar-refractivity contribution in [3.63, 3.8) is 0 Å². The molecule has 146 valence electrons. The van der Waals surface area contributed by atoms with Gasteiger partial charge in [-0.25, -0.2) is 4.79 Å². The first-order chi connectivity index (χ1) is 13.5. The Morgan fingerprint density at radius 3 is 2.61 bits per heavy atom. The third-order valence-corrected chi connectivity index (χ3v) is 5.03. The smallest absolute Gasteiger partial charge is 0.328 e. The second-order valence-electron chi connectivity index (χ2n) is 6.68. The fourth-order valence-electron chi connectivity index (χ4n) is 3.66. The standard InChI is InChI=1S/C21H22N2O5/c1-28-20-5-3-2-4-17(20)16-10-12-22(13-11-16)18-8-6-15(7-9-21(24)25)14-19(18)23(26)27/h2-9,14,16H,10-13H2,1H3,(H,24,25)/b9-7+. The summed E-state index contributed by atoms with van der Waals surface area (Å²) in [5.41, 5.74) is 2.22. The highest BCUT2D eigenvalue weighted by atomic mass is 16.6. The highest BCUT2D eigenvalue weighted by molar-refractivity contribution is 5.85. The van der Waals surface area contributed by atoms with Gasteiger partial charge in [0.1, 0.15) is 11.4 Å². The van der Waals surface area contributed by atoms with E-state index in [0.717, 1.165) is 24.7 Å². The van der Waals surface area contributed by atoms with E-state index in [4.69, 9.17) is 9.84 Å². The lowest BCUT2D eigenvalue weighted by atomic mass is 9.88. The zero-order valence-corrected chi connectivity index (χ0v) is 15.6. The first kappa shape index (κ1) is 19.4. The second kappa shape index (κ2) is 8.56. The van der Waals surface area contributed by atoms with Gasteiger partial charge in [0.2, 0.25) is 0 Å². The van der Waals surface area contributed by atoms with Crippen molar-refractivity contribution in [2.75, 3.05) is 25.1 Å². The van der Waals surface area contributed by atoms with E-state index in [9.17, 15) is 14.9 Å². The predicted molar refractivity (Wildman–Crippen MR) is 107 cm³/mol. The van der Waals surface area contributed by atoms with Gasteiger partial charge in [-0.3, -0.25) is 10.1 Å². The fourth-order valence-corrected chi connectivity index (χ4v) is 3.66. The van der Waals surface area contributed by atoms with E-state index in [1.54, 1.807) is 19.2 Å². The number of rotatable bonds is 6. The fraction of sp³-hybridized carbons (Fsp3) is 0.286. The average Bonchev–Trinajstić information content (AvgIpc) is 2.72. The van der Waals surface area contributed by atoms with Crippen molar-refractivity contribution in [2.24, 2.45) is 0 Å². The molecule has 1 heterocycles. The molecule has 0 unspecified atom stereocenters. The van der Waals surface area contributed by atoms with Gasteiger partial charge in [-0.15, -0.1) is 0 Å². The molecule has 1 saturated heterocycles. The zero-order valence-electron chi connectivity index (χ0n) is 15.6. The number of aliphatic carboxylic acids is 1. The molecule has 0 bridgehead atoms. The zero-order chi connectivity index (χ0) is 20.1. The normalized spacial score (nSPS) is 15.0. The summed E-state index contributed by atoms with van der Waals surface area (Å²) in [6.07, 6.45) is 4.07. The van der Waals surface area contributed by atoms with Crippen LogP contribution in [-0.4, -0.2) is 36.2 Å². The summed E-state index contributed by atoms with van der Waals surface area (Å²) in [4.78, 5) is 23.8. The number of carbonyl (C=O) groups is 1. The van der Waals surface area contributed by atoms with E-state index in [2.05, 4.69) is 6.07 Å². The van der Waals surface area contributed by atoms with Crippen LogP contribution in [-0.2, 0) is 4.79 Å². The Hall–Kier alpha value is -3.35. The van der Waals surface area contributed by atoms with Crippen LogP contribution >= 0.6 is 0 Å². The molecule has 1 aliphatic heterocycles. The van der Waals surface area contributed by atoms with Crippen LogP contribution in [0.15, 0.2) is 48.5 Å². The minimum absolute atomic E-state index is 0.0109. The lowest BCUT2D eigenvalue weighted by molar-refractivity contribution is -0.384. The number of nitrogens with zero attached hydrogens (tertiary/aromatic N) is 2. The number of para-hydroxylation sites is 1. The Labute approximate surface area is 163 Å². The lowest BCUT2D eigenvalue weighted by Crippen LogP contribution is -2.33. The molecule has 2 aromatic carbocycles. The Balaban J connectivity index is 1.78. The minimum Gasteiger partial charge on any atom is -0.496 e. The molecule has 1 fully saturated rings. The maximum Gasteiger partial charge on any atom is 0.328 e. The van der Waals surface area contributed by atoms with Crippen molar-refractivity contribution in [1.82, 2.24) is 0 Å². The molecule has 0 aromatic heterocycles. The van der Waals surface area contributed by atoms with Crippen molar-refractivity contribution in [2.45, 2.75) is 18.8 Å². The van der Waals surface area contributed by atoms with Crippen LogP contribution in [0, 0.1) is 10.1 Å². The molecule has 0 atom stereocenters. The number of anilines is 1. The van der Waals surface area contributed by atoms with Crippen molar-refractivity contribution < 1.29 is 19.6 Å². The van der Waals surface area contributed by atoms with E-state index in [1.807, 2.05) is 23.1 Å². The number of benzene rings is 2. The van der Waals surface area contributed by atoms with Crippen molar-refractivity contribution in [1.29, 1.82) is 0 Å². The molecule has 0 saturated carbocycles. The molecule has 0 radical (unpaired) electrons. The topological polar surface area (TPSA) is 92.9 Å². The van der Waals surface area contributed by atoms with E-state index >= 15 is 0 Å². The van der Waals surface area contributed by atoms with Gasteiger partial charge in [-0.05, 0) is 48.1 Å². The maximum absolute atomic E-state index is 11.5. The molecule has 7 nitrogen and oxygen atoms in total. The van der Waals surface area contributed by atoms with Crippen molar-refractivity contribution in [3.05, 3.63) is 69.8 Å². The van der Waals surface area contributed by atoms with E-state index in [0.29, 0.717) is 30.3 Å². The van der Waals surface area contributed by atoms with Crippen molar-refractivity contribution in [3.8, 4) is 5.75 Å².